The van der Waals surface area contributed by atoms with Crippen LogP contribution in [0.2, 0.25) is 0 Å². The summed E-state index contributed by atoms with van der Waals surface area (Å²) in [7, 11) is 1.91. The van der Waals surface area contributed by atoms with E-state index in [1.165, 1.54) is 23.5 Å². The van der Waals surface area contributed by atoms with Gasteiger partial charge >= 0.3 is 0 Å². The van der Waals surface area contributed by atoms with E-state index < -0.39 is 0 Å². The van der Waals surface area contributed by atoms with Gasteiger partial charge in [-0.25, -0.2) is 9.37 Å². The van der Waals surface area contributed by atoms with Gasteiger partial charge in [0.25, 0.3) is 6.01 Å². The first kappa shape index (κ1) is 16.2. The molecule has 25 heavy (non-hydrogen) atoms. The van der Waals surface area contributed by atoms with E-state index in [1.54, 1.807) is 12.1 Å². The van der Waals surface area contributed by atoms with E-state index in [2.05, 4.69) is 25.9 Å². The van der Waals surface area contributed by atoms with E-state index in [4.69, 9.17) is 4.42 Å². The Kier molecular flexibility index (Phi) is 4.27. The first-order valence-corrected chi connectivity index (χ1v) is 9.23. The number of hydrogen-bond acceptors (Lipinski definition) is 5. The van der Waals surface area contributed by atoms with Gasteiger partial charge in [0.05, 0.1) is 12.2 Å². The summed E-state index contributed by atoms with van der Waals surface area (Å²) in [6.45, 7) is 0.575. The summed E-state index contributed by atoms with van der Waals surface area (Å²) in [4.78, 5) is 11.0. The number of fused-ring (bicyclic) bond motifs is 1. The molecule has 0 saturated carbocycles. The second-order valence-electron chi connectivity index (χ2n) is 5.62. The molecule has 0 atom stereocenters. The van der Waals surface area contributed by atoms with E-state index >= 15 is 0 Å². The number of rotatable bonds is 4. The smallest absolute Gasteiger partial charge is 0.298 e. The highest BCUT2D eigenvalue weighted by molar-refractivity contribution is 9.10. The third-order valence-corrected chi connectivity index (χ3v) is 5.14. The molecule has 0 spiro atoms. The second-order valence-corrected chi connectivity index (χ2v) is 7.39. The third kappa shape index (κ3) is 3.43. The van der Waals surface area contributed by atoms with Crippen LogP contribution in [-0.2, 0) is 6.54 Å². The molecule has 2 aromatic heterocycles. The van der Waals surface area contributed by atoms with Crippen molar-refractivity contribution < 1.29 is 8.81 Å². The zero-order valence-electron chi connectivity index (χ0n) is 13.2. The minimum atomic E-state index is -0.247. The Labute approximate surface area is 156 Å². The number of benzene rings is 2. The van der Waals surface area contributed by atoms with Crippen LogP contribution >= 0.6 is 27.3 Å². The summed E-state index contributed by atoms with van der Waals surface area (Å²) < 4.78 is 19.8. The van der Waals surface area contributed by atoms with E-state index in [-0.39, 0.29) is 5.82 Å². The lowest BCUT2D eigenvalue weighted by molar-refractivity contribution is 0.581. The quantitative estimate of drug-likeness (QED) is 0.440. The van der Waals surface area contributed by atoms with Crippen LogP contribution in [0.4, 0.5) is 10.4 Å². The highest BCUT2D eigenvalue weighted by atomic mass is 79.9. The van der Waals surface area contributed by atoms with Crippen LogP contribution in [0.3, 0.4) is 0 Å². The first-order chi connectivity index (χ1) is 12.1. The summed E-state index contributed by atoms with van der Waals surface area (Å²) >= 11 is 4.97. The van der Waals surface area contributed by atoms with Gasteiger partial charge in [-0.1, -0.05) is 15.9 Å². The van der Waals surface area contributed by atoms with Crippen molar-refractivity contribution in [2.45, 2.75) is 6.54 Å². The average Bonchev–Trinajstić information content (AvgIpc) is 3.22. The van der Waals surface area contributed by atoms with Gasteiger partial charge in [0.2, 0.25) is 0 Å². The van der Waals surface area contributed by atoms with Crippen molar-refractivity contribution in [3.8, 4) is 10.6 Å². The number of aromatic nitrogens is 2. The molecule has 0 N–H and O–H groups in total. The summed E-state index contributed by atoms with van der Waals surface area (Å²) in [5.41, 5.74) is 3.37. The van der Waals surface area contributed by atoms with Gasteiger partial charge in [-0.2, -0.15) is 4.98 Å². The van der Waals surface area contributed by atoms with Gasteiger partial charge in [-0.05, 0) is 42.5 Å². The van der Waals surface area contributed by atoms with Gasteiger partial charge < -0.3 is 9.32 Å². The van der Waals surface area contributed by atoms with Crippen LogP contribution in [0.5, 0.6) is 0 Å². The monoisotopic (exact) mass is 417 g/mol. The molecule has 0 radical (unpaired) electrons. The summed E-state index contributed by atoms with van der Waals surface area (Å²) in [6.07, 6.45) is 0. The minimum Gasteiger partial charge on any atom is -0.423 e. The standard InChI is InChI=1S/C18H13BrFN3OS/c1-23(18-22-15-8-12(19)4-7-16(15)24-18)9-14-10-25-17(21-14)11-2-5-13(20)6-3-11/h2-8,10H,9H2,1H3. The molecule has 126 valence electrons. The molecule has 0 unspecified atom stereocenters. The van der Waals surface area contributed by atoms with Crippen molar-refractivity contribution in [2.75, 3.05) is 11.9 Å². The molecular weight excluding hydrogens is 405 g/mol. The number of hydrogen-bond donors (Lipinski definition) is 0. The van der Waals surface area contributed by atoms with Crippen molar-refractivity contribution in [3.05, 3.63) is 63.8 Å². The lowest BCUT2D eigenvalue weighted by Gasteiger charge is -2.12. The van der Waals surface area contributed by atoms with E-state index in [0.717, 1.165) is 31.8 Å². The Morgan fingerprint density at radius 3 is 2.76 bits per heavy atom. The lowest BCUT2D eigenvalue weighted by atomic mass is 10.2. The minimum absolute atomic E-state index is 0.247. The van der Waals surface area contributed by atoms with Crippen LogP contribution in [0.1, 0.15) is 5.69 Å². The average molecular weight is 418 g/mol. The molecule has 2 aromatic carbocycles. The number of nitrogens with zero attached hydrogens (tertiary/aromatic N) is 3. The van der Waals surface area contributed by atoms with Crippen molar-refractivity contribution in [2.24, 2.45) is 0 Å². The van der Waals surface area contributed by atoms with E-state index in [0.29, 0.717) is 12.6 Å². The summed E-state index contributed by atoms with van der Waals surface area (Å²) in [6, 6.07) is 12.6. The molecule has 0 aliphatic heterocycles. The molecule has 2 heterocycles. The first-order valence-electron chi connectivity index (χ1n) is 7.56. The Morgan fingerprint density at radius 2 is 1.96 bits per heavy atom. The lowest BCUT2D eigenvalue weighted by Crippen LogP contribution is -2.16. The molecule has 0 amide bonds. The fourth-order valence-corrected chi connectivity index (χ4v) is 3.63. The van der Waals surface area contributed by atoms with Crippen LogP contribution in [0.25, 0.3) is 21.7 Å². The van der Waals surface area contributed by atoms with Gasteiger partial charge in [0, 0.05) is 22.5 Å². The van der Waals surface area contributed by atoms with Crippen molar-refractivity contribution in [1.82, 2.24) is 9.97 Å². The largest absolute Gasteiger partial charge is 0.423 e. The number of oxazole rings is 1. The Morgan fingerprint density at radius 1 is 1.16 bits per heavy atom. The summed E-state index contributed by atoms with van der Waals surface area (Å²) in [5.74, 6) is -0.247. The van der Waals surface area contributed by atoms with Crippen molar-refractivity contribution >= 4 is 44.4 Å². The number of halogens is 2. The molecule has 0 aliphatic carbocycles. The molecule has 4 aromatic rings. The SMILES string of the molecule is CN(Cc1csc(-c2ccc(F)cc2)n1)c1nc2cc(Br)ccc2o1. The third-order valence-electron chi connectivity index (χ3n) is 3.71. The number of anilines is 1. The normalized spacial score (nSPS) is 11.2. The molecule has 0 aliphatic rings. The molecule has 4 nitrogen and oxygen atoms in total. The van der Waals surface area contributed by atoms with Gasteiger partial charge in [-0.3, -0.25) is 0 Å². The maximum absolute atomic E-state index is 13.0. The molecule has 0 fully saturated rings. The Hall–Kier alpha value is -2.25. The Bertz CT molecular complexity index is 1030. The van der Waals surface area contributed by atoms with Gasteiger partial charge in [0.1, 0.15) is 16.3 Å². The van der Waals surface area contributed by atoms with Crippen LogP contribution < -0.4 is 4.90 Å². The summed E-state index contributed by atoms with van der Waals surface area (Å²) in [5, 5.41) is 2.86. The maximum Gasteiger partial charge on any atom is 0.298 e. The molecule has 0 saturated heterocycles. The van der Waals surface area contributed by atoms with Crippen molar-refractivity contribution in [3.63, 3.8) is 0 Å². The van der Waals surface area contributed by atoms with Crippen LogP contribution in [0.15, 0.2) is 56.7 Å². The molecular formula is C18H13BrFN3OS. The predicted octanol–water partition coefficient (Wildman–Crippen LogP) is 5.49. The molecule has 7 heteroatoms. The maximum atomic E-state index is 13.0. The fourth-order valence-electron chi connectivity index (χ4n) is 2.47. The Balaban J connectivity index is 1.54. The van der Waals surface area contributed by atoms with Gasteiger partial charge in [0.15, 0.2) is 5.58 Å². The van der Waals surface area contributed by atoms with Crippen LogP contribution in [0, 0.1) is 5.82 Å². The molecule has 0 bridgehead atoms. The zero-order valence-corrected chi connectivity index (χ0v) is 15.6. The van der Waals surface area contributed by atoms with Crippen molar-refractivity contribution in [1.29, 1.82) is 0 Å². The second kappa shape index (κ2) is 6.57. The highest BCUT2D eigenvalue weighted by Gasteiger charge is 2.13. The van der Waals surface area contributed by atoms with E-state index in [9.17, 15) is 4.39 Å². The van der Waals surface area contributed by atoms with Gasteiger partial charge in [-0.15, -0.1) is 11.3 Å². The highest BCUT2D eigenvalue weighted by Crippen LogP contribution is 2.27. The fraction of sp³-hybridized carbons (Fsp3) is 0.111. The van der Waals surface area contributed by atoms with Crippen LogP contribution in [-0.4, -0.2) is 17.0 Å². The topological polar surface area (TPSA) is 42.2 Å². The molecule has 4 rings (SSSR count). The number of thiazole rings is 1. The predicted molar refractivity (Wildman–Crippen MR) is 101 cm³/mol. The van der Waals surface area contributed by atoms with E-state index in [1.807, 2.05) is 35.5 Å². The zero-order chi connectivity index (χ0) is 17.4.